The Morgan fingerprint density at radius 3 is 1.76 bits per heavy atom. The van der Waals surface area contributed by atoms with Crippen molar-refractivity contribution in [3.05, 3.63) is 6.92 Å². The summed E-state index contributed by atoms with van der Waals surface area (Å²) in [5.41, 5.74) is 0. The Kier molecular flexibility index (Phi) is 14.0. The van der Waals surface area contributed by atoms with Crippen molar-refractivity contribution in [3.63, 3.8) is 0 Å². The van der Waals surface area contributed by atoms with Crippen LogP contribution in [0.3, 0.4) is 0 Å². The van der Waals surface area contributed by atoms with Gasteiger partial charge in [0.15, 0.2) is 0 Å². The molecule has 0 aliphatic rings. The average molecular weight is 241 g/mol. The van der Waals surface area contributed by atoms with Gasteiger partial charge in [-0.25, -0.2) is 0 Å². The maximum absolute atomic E-state index is 9.73. The molecule has 0 spiro atoms. The van der Waals surface area contributed by atoms with E-state index in [-0.39, 0.29) is 6.10 Å². The minimum atomic E-state index is -0.0540. The van der Waals surface area contributed by atoms with Crippen LogP contribution in [0, 0.1) is 6.92 Å². The molecule has 0 amide bonds. The van der Waals surface area contributed by atoms with Gasteiger partial charge in [-0.15, -0.1) is 0 Å². The van der Waals surface area contributed by atoms with Crippen molar-refractivity contribution in [2.24, 2.45) is 0 Å². The van der Waals surface area contributed by atoms with Crippen molar-refractivity contribution in [1.82, 2.24) is 0 Å². The van der Waals surface area contributed by atoms with Crippen LogP contribution in [0.15, 0.2) is 0 Å². The molecule has 1 nitrogen and oxygen atoms in total. The van der Waals surface area contributed by atoms with E-state index in [4.69, 9.17) is 0 Å². The molecule has 0 saturated carbocycles. The Bertz CT molecular complexity index is 133. The normalized spacial score (nSPS) is 12.9. The second kappa shape index (κ2) is 14.0. The van der Waals surface area contributed by atoms with E-state index >= 15 is 0 Å². The van der Waals surface area contributed by atoms with Crippen molar-refractivity contribution in [2.45, 2.75) is 96.5 Å². The van der Waals surface area contributed by atoms with Crippen LogP contribution in [0.5, 0.6) is 0 Å². The number of hydrogen-bond acceptors (Lipinski definition) is 1. The highest BCUT2D eigenvalue weighted by molar-refractivity contribution is 4.57. The summed E-state index contributed by atoms with van der Waals surface area (Å²) in [6.45, 7) is 6.08. The molecule has 0 aliphatic heterocycles. The second-order valence-electron chi connectivity index (χ2n) is 5.27. The highest BCUT2D eigenvalue weighted by Gasteiger charge is 2.02. The van der Waals surface area contributed by atoms with Gasteiger partial charge in [-0.1, -0.05) is 84.5 Å². The Hall–Kier alpha value is -0.0400. The molecule has 0 fully saturated rings. The molecule has 0 saturated heterocycles. The van der Waals surface area contributed by atoms with Crippen LogP contribution < -0.4 is 0 Å². The number of rotatable bonds is 13. The monoisotopic (exact) mass is 241 g/mol. The summed E-state index contributed by atoms with van der Waals surface area (Å²) in [6, 6.07) is 0. The Balaban J connectivity index is 3.05. The minimum absolute atomic E-state index is 0.0540. The Morgan fingerprint density at radius 1 is 0.765 bits per heavy atom. The lowest BCUT2D eigenvalue weighted by Crippen LogP contribution is -2.05. The Labute approximate surface area is 109 Å². The maximum Gasteiger partial charge on any atom is 0.0540 e. The molecule has 1 radical (unpaired) electrons. The first-order valence-corrected chi connectivity index (χ1v) is 7.78. The summed E-state index contributed by atoms with van der Waals surface area (Å²) in [5.74, 6) is 0. The predicted molar refractivity (Wildman–Crippen MR) is 77.1 cm³/mol. The first kappa shape index (κ1) is 17.0. The third-order valence-electron chi connectivity index (χ3n) is 3.43. The quantitative estimate of drug-likeness (QED) is 0.435. The molecule has 1 unspecified atom stereocenters. The van der Waals surface area contributed by atoms with Crippen molar-refractivity contribution >= 4 is 0 Å². The minimum Gasteiger partial charge on any atom is -0.393 e. The third kappa shape index (κ3) is 13.9. The standard InChI is InChI=1S/C16H33O/c1-3-5-7-8-9-10-11-13-15-16(17)14-12-6-4-2/h16-17H,2-15H2,1H3. The van der Waals surface area contributed by atoms with E-state index in [0.717, 1.165) is 32.1 Å². The molecule has 0 aromatic rings. The van der Waals surface area contributed by atoms with Crippen LogP contribution in [0.4, 0.5) is 0 Å². The number of hydrogen-bond donors (Lipinski definition) is 1. The lowest BCUT2D eigenvalue weighted by Gasteiger charge is -2.09. The SMILES string of the molecule is [CH2]CCCCC(O)CCCCCCCCCC. The summed E-state index contributed by atoms with van der Waals surface area (Å²) in [5, 5.41) is 9.73. The van der Waals surface area contributed by atoms with E-state index in [1.807, 2.05) is 0 Å². The largest absolute Gasteiger partial charge is 0.393 e. The molecule has 1 N–H and O–H groups in total. The fraction of sp³-hybridized carbons (Fsp3) is 0.938. The smallest absolute Gasteiger partial charge is 0.0540 e. The molecule has 103 valence electrons. The lowest BCUT2D eigenvalue weighted by atomic mass is 10.0. The van der Waals surface area contributed by atoms with Gasteiger partial charge < -0.3 is 5.11 Å². The summed E-state index contributed by atoms with van der Waals surface area (Å²) >= 11 is 0. The van der Waals surface area contributed by atoms with Gasteiger partial charge in [0.1, 0.15) is 0 Å². The fourth-order valence-electron chi connectivity index (χ4n) is 2.21. The first-order chi connectivity index (χ1) is 8.31. The second-order valence-corrected chi connectivity index (χ2v) is 5.27. The molecule has 0 heterocycles. The average Bonchev–Trinajstić information content (AvgIpc) is 2.33. The molecular formula is C16H33O. The molecule has 1 atom stereocenters. The zero-order valence-corrected chi connectivity index (χ0v) is 11.9. The summed E-state index contributed by atoms with van der Waals surface area (Å²) in [6.07, 6.45) is 16.0. The van der Waals surface area contributed by atoms with Gasteiger partial charge in [0.05, 0.1) is 6.10 Å². The molecule has 0 aromatic heterocycles. The van der Waals surface area contributed by atoms with Gasteiger partial charge in [-0.05, 0) is 12.8 Å². The summed E-state index contributed by atoms with van der Waals surface area (Å²) in [4.78, 5) is 0. The van der Waals surface area contributed by atoms with Crippen molar-refractivity contribution in [1.29, 1.82) is 0 Å². The van der Waals surface area contributed by atoms with Crippen molar-refractivity contribution in [2.75, 3.05) is 0 Å². The van der Waals surface area contributed by atoms with Crippen LogP contribution in [0.25, 0.3) is 0 Å². The molecule has 1 heteroatoms. The van der Waals surface area contributed by atoms with Gasteiger partial charge in [0.2, 0.25) is 0 Å². The van der Waals surface area contributed by atoms with Gasteiger partial charge in [0, 0.05) is 0 Å². The Morgan fingerprint density at radius 2 is 1.24 bits per heavy atom. The van der Waals surface area contributed by atoms with E-state index in [0.29, 0.717) is 0 Å². The van der Waals surface area contributed by atoms with Gasteiger partial charge in [-0.2, -0.15) is 0 Å². The molecular weight excluding hydrogens is 208 g/mol. The highest BCUT2D eigenvalue weighted by Crippen LogP contribution is 2.13. The first-order valence-electron chi connectivity index (χ1n) is 7.78. The van der Waals surface area contributed by atoms with Crippen LogP contribution >= 0.6 is 0 Å². The summed E-state index contributed by atoms with van der Waals surface area (Å²) in [7, 11) is 0. The van der Waals surface area contributed by atoms with E-state index in [9.17, 15) is 5.11 Å². The molecule has 0 rings (SSSR count). The van der Waals surface area contributed by atoms with E-state index in [2.05, 4.69) is 13.8 Å². The predicted octanol–water partition coefficient (Wildman–Crippen LogP) is 5.27. The third-order valence-corrected chi connectivity index (χ3v) is 3.43. The number of aliphatic hydroxyl groups excluding tert-OH is 1. The zero-order valence-electron chi connectivity index (χ0n) is 11.9. The van der Waals surface area contributed by atoms with Gasteiger partial charge >= 0.3 is 0 Å². The molecule has 0 aromatic carbocycles. The van der Waals surface area contributed by atoms with Gasteiger partial charge in [-0.3, -0.25) is 0 Å². The van der Waals surface area contributed by atoms with E-state index in [1.54, 1.807) is 0 Å². The van der Waals surface area contributed by atoms with Crippen molar-refractivity contribution in [3.8, 4) is 0 Å². The number of aliphatic hydroxyl groups is 1. The zero-order chi connectivity index (χ0) is 12.8. The maximum atomic E-state index is 9.73. The fourth-order valence-corrected chi connectivity index (χ4v) is 2.21. The van der Waals surface area contributed by atoms with Crippen LogP contribution in [0.2, 0.25) is 0 Å². The van der Waals surface area contributed by atoms with Crippen LogP contribution in [-0.4, -0.2) is 11.2 Å². The van der Waals surface area contributed by atoms with Gasteiger partial charge in [0.25, 0.3) is 0 Å². The number of unbranched alkanes of at least 4 members (excludes halogenated alkanes) is 9. The van der Waals surface area contributed by atoms with Crippen LogP contribution in [-0.2, 0) is 0 Å². The lowest BCUT2D eigenvalue weighted by molar-refractivity contribution is 0.147. The summed E-state index contributed by atoms with van der Waals surface area (Å²) < 4.78 is 0. The van der Waals surface area contributed by atoms with Crippen molar-refractivity contribution < 1.29 is 5.11 Å². The molecule has 17 heavy (non-hydrogen) atoms. The molecule has 0 bridgehead atoms. The van der Waals surface area contributed by atoms with E-state index in [1.165, 1.54) is 51.4 Å². The topological polar surface area (TPSA) is 20.2 Å². The van der Waals surface area contributed by atoms with E-state index < -0.39 is 0 Å². The van der Waals surface area contributed by atoms with Crippen LogP contribution in [0.1, 0.15) is 90.4 Å². The molecule has 0 aliphatic carbocycles. The highest BCUT2D eigenvalue weighted by atomic mass is 16.3.